The Hall–Kier alpha value is -0.980. The minimum Gasteiger partial charge on any atom is -0.388 e. The van der Waals surface area contributed by atoms with Crippen molar-refractivity contribution in [2.24, 2.45) is 0 Å². The highest BCUT2D eigenvalue weighted by Gasteiger charge is 2.38. The molecule has 0 unspecified atom stereocenters. The number of hydrogen-bond acceptors (Lipinski definition) is 1. The van der Waals surface area contributed by atoms with Crippen molar-refractivity contribution in [1.29, 1.82) is 0 Å². The summed E-state index contributed by atoms with van der Waals surface area (Å²) in [7, 11) is 1.95. The SMILES string of the molecule is CNc1ccc(C2(C)CC2)cc1. The molecule has 1 aromatic carbocycles. The monoisotopic (exact) mass is 161 g/mol. The maximum atomic E-state index is 3.13. The number of anilines is 1. The van der Waals surface area contributed by atoms with Crippen LogP contribution in [0.25, 0.3) is 0 Å². The summed E-state index contributed by atoms with van der Waals surface area (Å²) < 4.78 is 0. The summed E-state index contributed by atoms with van der Waals surface area (Å²) in [4.78, 5) is 0. The minimum absolute atomic E-state index is 0.506. The van der Waals surface area contributed by atoms with Crippen molar-refractivity contribution in [2.45, 2.75) is 25.2 Å². The van der Waals surface area contributed by atoms with E-state index >= 15 is 0 Å². The molecular weight excluding hydrogens is 146 g/mol. The lowest BCUT2D eigenvalue weighted by molar-refractivity contribution is 0.788. The zero-order chi connectivity index (χ0) is 8.60. The molecule has 1 heteroatoms. The number of rotatable bonds is 2. The molecule has 2 rings (SSSR count). The first-order valence-electron chi connectivity index (χ1n) is 4.53. The quantitative estimate of drug-likeness (QED) is 0.703. The molecule has 0 heterocycles. The Labute approximate surface area is 73.8 Å². The fourth-order valence-corrected chi connectivity index (χ4v) is 1.52. The van der Waals surface area contributed by atoms with Gasteiger partial charge in [0.2, 0.25) is 0 Å². The van der Waals surface area contributed by atoms with Gasteiger partial charge in [-0.2, -0.15) is 0 Å². The van der Waals surface area contributed by atoms with Crippen LogP contribution in [0.2, 0.25) is 0 Å². The van der Waals surface area contributed by atoms with Gasteiger partial charge in [-0.15, -0.1) is 0 Å². The molecule has 1 aliphatic carbocycles. The zero-order valence-corrected chi connectivity index (χ0v) is 7.72. The summed E-state index contributed by atoms with van der Waals surface area (Å²) in [5.41, 5.74) is 3.19. The zero-order valence-electron chi connectivity index (χ0n) is 7.72. The fourth-order valence-electron chi connectivity index (χ4n) is 1.52. The second-order valence-electron chi connectivity index (χ2n) is 3.89. The first-order valence-corrected chi connectivity index (χ1v) is 4.53. The van der Waals surface area contributed by atoms with Crippen LogP contribution < -0.4 is 5.32 Å². The van der Waals surface area contributed by atoms with Crippen molar-refractivity contribution in [3.8, 4) is 0 Å². The molecule has 1 saturated carbocycles. The molecule has 0 amide bonds. The van der Waals surface area contributed by atoms with Gasteiger partial charge in [0.15, 0.2) is 0 Å². The van der Waals surface area contributed by atoms with Gasteiger partial charge in [0, 0.05) is 12.7 Å². The highest BCUT2D eigenvalue weighted by Crippen LogP contribution is 2.47. The Bertz CT molecular complexity index is 270. The number of nitrogens with one attached hydrogen (secondary N) is 1. The van der Waals surface area contributed by atoms with Crippen LogP contribution in [0.3, 0.4) is 0 Å². The molecule has 0 radical (unpaired) electrons. The summed E-state index contributed by atoms with van der Waals surface area (Å²) in [5, 5.41) is 3.13. The predicted octanol–water partition coefficient (Wildman–Crippen LogP) is 2.78. The molecule has 64 valence electrons. The van der Waals surface area contributed by atoms with Crippen molar-refractivity contribution >= 4 is 5.69 Å². The van der Waals surface area contributed by atoms with Gasteiger partial charge in [-0.25, -0.2) is 0 Å². The fraction of sp³-hybridized carbons (Fsp3) is 0.455. The van der Waals surface area contributed by atoms with Gasteiger partial charge in [-0.05, 0) is 36.0 Å². The molecule has 12 heavy (non-hydrogen) atoms. The first kappa shape index (κ1) is 7.66. The molecule has 0 bridgehead atoms. The minimum atomic E-state index is 0.506. The summed E-state index contributed by atoms with van der Waals surface area (Å²) in [6, 6.07) is 8.77. The molecular formula is C11H15N. The van der Waals surface area contributed by atoms with Gasteiger partial charge in [0.1, 0.15) is 0 Å². The van der Waals surface area contributed by atoms with Crippen LogP contribution >= 0.6 is 0 Å². The van der Waals surface area contributed by atoms with Crippen LogP contribution in [-0.2, 0) is 5.41 Å². The third kappa shape index (κ3) is 1.20. The van der Waals surface area contributed by atoms with E-state index in [0.717, 1.165) is 0 Å². The number of hydrogen-bond donors (Lipinski definition) is 1. The molecule has 1 fully saturated rings. The Morgan fingerprint density at radius 3 is 2.17 bits per heavy atom. The highest BCUT2D eigenvalue weighted by molar-refractivity contribution is 5.46. The Morgan fingerprint density at radius 1 is 1.17 bits per heavy atom. The molecule has 0 spiro atoms. The molecule has 0 aliphatic heterocycles. The van der Waals surface area contributed by atoms with Gasteiger partial charge >= 0.3 is 0 Å². The van der Waals surface area contributed by atoms with Gasteiger partial charge in [0.25, 0.3) is 0 Å². The smallest absolute Gasteiger partial charge is 0.0337 e. The molecule has 1 aliphatic rings. The average Bonchev–Trinajstić information content (AvgIpc) is 2.85. The summed E-state index contributed by atoms with van der Waals surface area (Å²) in [5.74, 6) is 0. The summed E-state index contributed by atoms with van der Waals surface area (Å²) >= 11 is 0. The average molecular weight is 161 g/mol. The maximum absolute atomic E-state index is 3.13. The van der Waals surface area contributed by atoms with Gasteiger partial charge in [-0.1, -0.05) is 19.1 Å². The van der Waals surface area contributed by atoms with Gasteiger partial charge in [0.05, 0.1) is 0 Å². The summed E-state index contributed by atoms with van der Waals surface area (Å²) in [6.07, 6.45) is 2.71. The lowest BCUT2D eigenvalue weighted by Crippen LogP contribution is -1.99. The van der Waals surface area contributed by atoms with Crippen molar-refractivity contribution in [1.82, 2.24) is 0 Å². The normalized spacial score (nSPS) is 18.8. The Morgan fingerprint density at radius 2 is 1.75 bits per heavy atom. The molecule has 0 saturated heterocycles. The highest BCUT2D eigenvalue weighted by atomic mass is 14.8. The van der Waals surface area contributed by atoms with Gasteiger partial charge in [-0.3, -0.25) is 0 Å². The Kier molecular flexibility index (Phi) is 1.60. The Balaban J connectivity index is 2.25. The van der Waals surface area contributed by atoms with E-state index in [1.54, 1.807) is 0 Å². The maximum Gasteiger partial charge on any atom is 0.0337 e. The topological polar surface area (TPSA) is 12.0 Å². The van der Waals surface area contributed by atoms with E-state index in [0.29, 0.717) is 5.41 Å². The first-order chi connectivity index (χ1) is 5.74. The molecule has 1 aromatic rings. The molecule has 0 aromatic heterocycles. The molecule has 1 N–H and O–H groups in total. The van der Waals surface area contributed by atoms with E-state index in [2.05, 4.69) is 36.5 Å². The van der Waals surface area contributed by atoms with E-state index in [1.807, 2.05) is 7.05 Å². The largest absolute Gasteiger partial charge is 0.388 e. The molecule has 1 nitrogen and oxygen atoms in total. The van der Waals surface area contributed by atoms with Crippen molar-refractivity contribution in [3.63, 3.8) is 0 Å². The second kappa shape index (κ2) is 2.51. The van der Waals surface area contributed by atoms with E-state index < -0.39 is 0 Å². The van der Waals surface area contributed by atoms with E-state index in [-0.39, 0.29) is 0 Å². The van der Waals surface area contributed by atoms with Crippen molar-refractivity contribution in [2.75, 3.05) is 12.4 Å². The van der Waals surface area contributed by atoms with Crippen molar-refractivity contribution in [3.05, 3.63) is 29.8 Å². The van der Waals surface area contributed by atoms with E-state index in [9.17, 15) is 0 Å². The van der Waals surface area contributed by atoms with Crippen LogP contribution in [-0.4, -0.2) is 7.05 Å². The second-order valence-corrected chi connectivity index (χ2v) is 3.89. The third-order valence-electron chi connectivity index (χ3n) is 2.87. The van der Waals surface area contributed by atoms with Crippen molar-refractivity contribution < 1.29 is 0 Å². The number of benzene rings is 1. The van der Waals surface area contributed by atoms with Crippen LogP contribution in [0.1, 0.15) is 25.3 Å². The van der Waals surface area contributed by atoms with Gasteiger partial charge < -0.3 is 5.32 Å². The van der Waals surface area contributed by atoms with Crippen LogP contribution in [0.5, 0.6) is 0 Å². The van der Waals surface area contributed by atoms with Crippen LogP contribution in [0.4, 0.5) is 5.69 Å². The van der Waals surface area contributed by atoms with Crippen LogP contribution in [0.15, 0.2) is 24.3 Å². The van der Waals surface area contributed by atoms with E-state index in [1.165, 1.54) is 24.1 Å². The summed E-state index contributed by atoms with van der Waals surface area (Å²) in [6.45, 7) is 2.33. The lowest BCUT2D eigenvalue weighted by atomic mass is 9.98. The standard InChI is InChI=1S/C11H15N/c1-11(7-8-11)9-3-5-10(12-2)6-4-9/h3-6,12H,7-8H2,1-2H3. The third-order valence-corrected chi connectivity index (χ3v) is 2.87. The van der Waals surface area contributed by atoms with E-state index in [4.69, 9.17) is 0 Å². The van der Waals surface area contributed by atoms with Crippen LogP contribution in [0, 0.1) is 0 Å². The predicted molar refractivity (Wildman–Crippen MR) is 52.6 cm³/mol. The lowest BCUT2D eigenvalue weighted by Gasteiger charge is -2.08. The molecule has 0 atom stereocenters.